The fraction of sp³-hybridized carbons (Fsp3) is 0.278. The summed E-state index contributed by atoms with van der Waals surface area (Å²) in [5, 5.41) is 2.79. The second-order valence-corrected chi connectivity index (χ2v) is 21.5. The summed E-state index contributed by atoms with van der Waals surface area (Å²) in [6, 6.07) is 62.3. The van der Waals surface area contributed by atoms with Crippen molar-refractivity contribution in [2.24, 2.45) is 5.92 Å². The van der Waals surface area contributed by atoms with Gasteiger partial charge < -0.3 is 0 Å². The van der Waals surface area contributed by atoms with Crippen LogP contribution in [0, 0.1) is 33.6 Å². The number of rotatable bonds is 7. The lowest BCUT2D eigenvalue weighted by Gasteiger charge is -2.32. The van der Waals surface area contributed by atoms with Crippen LogP contribution in [0.25, 0.3) is 38.6 Å². The van der Waals surface area contributed by atoms with E-state index in [0.29, 0.717) is 23.7 Å². The van der Waals surface area contributed by atoms with Crippen LogP contribution in [0.4, 0.5) is 0 Å². The van der Waals surface area contributed by atoms with Crippen molar-refractivity contribution in [1.29, 1.82) is 0 Å². The molecule has 13 rings (SSSR count). The zero-order valence-electron chi connectivity index (χ0n) is 44.4. The molecule has 0 heteroatoms. The molecule has 0 aliphatic heterocycles. The molecule has 0 bridgehead atoms. The number of fused-ring (bicyclic) bond motifs is 14. The molecule has 362 valence electrons. The molecule has 0 N–H and O–H groups in total. The zero-order chi connectivity index (χ0) is 50.3. The van der Waals surface area contributed by atoms with Crippen LogP contribution in [0.3, 0.4) is 0 Å². The molecule has 2 saturated carbocycles. The van der Waals surface area contributed by atoms with Gasteiger partial charge in [-0.2, -0.15) is 0 Å². The highest BCUT2D eigenvalue weighted by Gasteiger charge is 2.48. The van der Waals surface area contributed by atoms with E-state index in [1.807, 2.05) is 36.4 Å². The fourth-order valence-corrected chi connectivity index (χ4v) is 13.3. The van der Waals surface area contributed by atoms with Crippen LogP contribution >= 0.6 is 0 Å². The van der Waals surface area contributed by atoms with Gasteiger partial charge in [-0.3, -0.25) is 0 Å². The van der Waals surface area contributed by atoms with Gasteiger partial charge in [0, 0.05) is 5.41 Å². The Balaban J connectivity index is 0.000000159. The van der Waals surface area contributed by atoms with Crippen LogP contribution < -0.4 is 0 Å². The standard InChI is InChI=1S/C42H44.C16H14.2C7H8/c1-8-15-32-29(9-2)36-24-37(36)40-31(18-14-19-34(32)40)27(7)26(6)28-20-21-35-38(23-28)42(10-3,11-4)39-22-25(5)30-16-12-13-17-33(30)41(35)39;1-10-5-4-8-13-11-6-2-3-7-12(11)14-9-15(14)16(10)13;2*1-7-5-3-2-4-6-7/h8-9,12-23,26-27,36-37H,2,10-11,24H2,1,3-7H3;2-8,14-15H,9H2,1H3;2*2-6H,1H3/b15-8-;;;. The van der Waals surface area contributed by atoms with Crippen molar-refractivity contribution in [3.63, 3.8) is 0 Å². The third kappa shape index (κ3) is 8.76. The van der Waals surface area contributed by atoms with Gasteiger partial charge in [0.25, 0.3) is 0 Å². The molecular weight excluding hydrogens is 865 g/mol. The Bertz CT molecular complexity index is 3300. The van der Waals surface area contributed by atoms with Gasteiger partial charge in [0.2, 0.25) is 0 Å². The molecule has 2 fully saturated rings. The topological polar surface area (TPSA) is 0 Å². The van der Waals surface area contributed by atoms with Crippen molar-refractivity contribution >= 4 is 16.3 Å². The third-order valence-electron chi connectivity index (χ3n) is 17.4. The highest BCUT2D eigenvalue weighted by Crippen LogP contribution is 2.63. The van der Waals surface area contributed by atoms with Crippen molar-refractivity contribution in [2.75, 3.05) is 0 Å². The summed E-state index contributed by atoms with van der Waals surface area (Å²) in [6.45, 7) is 24.7. The Labute approximate surface area is 432 Å². The van der Waals surface area contributed by atoms with E-state index in [-0.39, 0.29) is 5.41 Å². The third-order valence-corrected chi connectivity index (χ3v) is 17.4. The highest BCUT2D eigenvalue weighted by molar-refractivity contribution is 6.04. The number of hydrogen-bond donors (Lipinski definition) is 0. The van der Waals surface area contributed by atoms with Gasteiger partial charge in [-0.25, -0.2) is 0 Å². The van der Waals surface area contributed by atoms with E-state index in [1.54, 1.807) is 27.8 Å². The molecule has 6 atom stereocenters. The first kappa shape index (κ1) is 48.8. The van der Waals surface area contributed by atoms with E-state index in [1.165, 1.54) is 96.0 Å². The van der Waals surface area contributed by atoms with Gasteiger partial charge in [0.1, 0.15) is 0 Å². The Hall–Kier alpha value is -6.76. The Morgan fingerprint density at radius 1 is 0.528 bits per heavy atom. The maximum atomic E-state index is 4.19. The van der Waals surface area contributed by atoms with Gasteiger partial charge >= 0.3 is 0 Å². The molecule has 0 saturated heterocycles. The Morgan fingerprint density at radius 3 is 1.78 bits per heavy atom. The van der Waals surface area contributed by atoms with Crippen molar-refractivity contribution in [1.82, 2.24) is 0 Å². The van der Waals surface area contributed by atoms with E-state index in [9.17, 15) is 0 Å². The molecule has 0 nitrogen and oxygen atoms in total. The van der Waals surface area contributed by atoms with Crippen molar-refractivity contribution < 1.29 is 0 Å². The first-order valence-electron chi connectivity index (χ1n) is 27.1. The van der Waals surface area contributed by atoms with E-state index in [0.717, 1.165) is 24.7 Å². The van der Waals surface area contributed by atoms with Gasteiger partial charge in [-0.05, 0) is 196 Å². The van der Waals surface area contributed by atoms with E-state index >= 15 is 0 Å². The maximum Gasteiger partial charge on any atom is 0.0210 e. The van der Waals surface area contributed by atoms with Crippen LogP contribution in [-0.2, 0) is 5.41 Å². The van der Waals surface area contributed by atoms with Crippen LogP contribution in [0.5, 0.6) is 0 Å². The quantitative estimate of drug-likeness (QED) is 0.149. The summed E-state index contributed by atoms with van der Waals surface area (Å²) < 4.78 is 0. The van der Waals surface area contributed by atoms with Gasteiger partial charge in [0.15, 0.2) is 0 Å². The molecule has 8 aromatic rings. The fourth-order valence-electron chi connectivity index (χ4n) is 13.3. The lowest BCUT2D eigenvalue weighted by molar-refractivity contribution is 0.489. The van der Waals surface area contributed by atoms with E-state index in [4.69, 9.17) is 0 Å². The van der Waals surface area contributed by atoms with Crippen molar-refractivity contribution in [3.05, 3.63) is 267 Å². The molecule has 8 aromatic carbocycles. The summed E-state index contributed by atoms with van der Waals surface area (Å²) in [5.41, 5.74) is 26.6. The van der Waals surface area contributed by atoms with Gasteiger partial charge in [-0.1, -0.05) is 233 Å². The summed E-state index contributed by atoms with van der Waals surface area (Å²) in [4.78, 5) is 0. The Morgan fingerprint density at radius 2 is 1.12 bits per heavy atom. The first-order valence-corrected chi connectivity index (χ1v) is 27.1. The average Bonchev–Trinajstić information content (AvgIpc) is 4.36. The first-order chi connectivity index (χ1) is 35.0. The highest BCUT2D eigenvalue weighted by atomic mass is 14.5. The summed E-state index contributed by atoms with van der Waals surface area (Å²) in [7, 11) is 0. The number of hydrogen-bond acceptors (Lipinski definition) is 0. The SMILES string of the molecule is C=CC1=C(/C=C\C)c2cccc(C(C)C(C)c3ccc4c(c3)C(CC)(CC)c3cc(C)c5ccccc5c3-4)c2C2CC12.Cc1cccc2c1C1CC1c1ccccc1-2.Cc1ccccc1.Cc1ccccc1. The van der Waals surface area contributed by atoms with Crippen LogP contribution in [0.1, 0.15) is 157 Å². The minimum absolute atomic E-state index is 0.0683. The predicted octanol–water partition coefficient (Wildman–Crippen LogP) is 20.0. The summed E-state index contributed by atoms with van der Waals surface area (Å²) in [6.07, 6.45) is 11.5. The minimum Gasteiger partial charge on any atom is -0.0988 e. The molecule has 72 heavy (non-hydrogen) atoms. The number of allylic oxidation sites excluding steroid dienone is 5. The lowest BCUT2D eigenvalue weighted by Crippen LogP contribution is -2.23. The molecule has 0 amide bonds. The number of benzene rings is 8. The van der Waals surface area contributed by atoms with E-state index < -0.39 is 0 Å². The monoisotopic (exact) mass is 939 g/mol. The smallest absolute Gasteiger partial charge is 0.0210 e. The molecular formula is C72H74. The Kier molecular flexibility index (Phi) is 13.8. The molecule has 0 spiro atoms. The van der Waals surface area contributed by atoms with Gasteiger partial charge in [-0.15, -0.1) is 0 Å². The predicted molar refractivity (Wildman–Crippen MR) is 311 cm³/mol. The molecule has 6 unspecified atom stereocenters. The molecule has 5 aliphatic rings. The van der Waals surface area contributed by atoms with Crippen molar-refractivity contribution in [3.8, 4) is 22.3 Å². The zero-order valence-corrected chi connectivity index (χ0v) is 44.4. The maximum absolute atomic E-state index is 4.19. The van der Waals surface area contributed by atoms with Crippen molar-refractivity contribution in [2.45, 2.75) is 123 Å². The molecule has 5 aliphatic carbocycles. The lowest BCUT2D eigenvalue weighted by atomic mass is 9.72. The summed E-state index contributed by atoms with van der Waals surface area (Å²) in [5.74, 6) is 3.75. The second kappa shape index (κ2) is 20.4. The molecule has 0 aromatic heterocycles. The van der Waals surface area contributed by atoms with Gasteiger partial charge in [0.05, 0.1) is 0 Å². The number of aryl methyl sites for hydroxylation is 4. The van der Waals surface area contributed by atoms with Crippen LogP contribution in [-0.4, -0.2) is 0 Å². The average molecular weight is 939 g/mol. The van der Waals surface area contributed by atoms with Crippen LogP contribution in [0.2, 0.25) is 0 Å². The molecule has 0 heterocycles. The van der Waals surface area contributed by atoms with Crippen LogP contribution in [0.15, 0.2) is 200 Å². The minimum atomic E-state index is 0.0683. The largest absolute Gasteiger partial charge is 0.0988 e. The van der Waals surface area contributed by atoms with E-state index in [2.05, 4.69) is 221 Å². The normalized spacial score (nSPS) is 19.4. The molecule has 0 radical (unpaired) electrons. The summed E-state index contributed by atoms with van der Waals surface area (Å²) >= 11 is 0. The second-order valence-electron chi connectivity index (χ2n) is 21.5.